The molecule has 0 radical (unpaired) electrons. The molecule has 41 heavy (non-hydrogen) atoms. The molecule has 0 fully saturated rings. The second-order valence-electron chi connectivity index (χ2n) is 8.27. The van der Waals surface area contributed by atoms with Crippen LogP contribution in [0.4, 0.5) is 24.5 Å². The quantitative estimate of drug-likeness (QED) is 0.168. The predicted molar refractivity (Wildman–Crippen MR) is 142 cm³/mol. The van der Waals surface area contributed by atoms with E-state index < -0.39 is 17.7 Å². The molecule has 10 nitrogen and oxygen atoms in total. The molecule has 0 aromatic heterocycles. The number of benzene rings is 2. The number of methoxy groups -OCH3 is 1. The molecule has 1 N–H and O–H groups in total. The molecule has 2 rings (SSSR count). The fraction of sp³-hybridized carbons (Fsp3) is 0.500. The first-order valence-electron chi connectivity index (χ1n) is 13.0. The Labute approximate surface area is 236 Å². The minimum absolute atomic E-state index is 0.00381. The number of hydrogen-bond donors (Lipinski definition) is 1. The molecule has 0 saturated carbocycles. The van der Waals surface area contributed by atoms with Crippen LogP contribution in [0.2, 0.25) is 0 Å². The Kier molecular flexibility index (Phi) is 16.4. The van der Waals surface area contributed by atoms with Crippen LogP contribution in [0.3, 0.4) is 0 Å². The van der Waals surface area contributed by atoms with E-state index in [1.165, 1.54) is 25.3 Å². The molecule has 0 aliphatic heterocycles. The van der Waals surface area contributed by atoms with Crippen molar-refractivity contribution in [1.82, 2.24) is 0 Å². The minimum atomic E-state index is -4.48. The van der Waals surface area contributed by atoms with Gasteiger partial charge in [0.25, 0.3) is 0 Å². The van der Waals surface area contributed by atoms with Crippen LogP contribution in [0.1, 0.15) is 22.3 Å². The molecule has 0 aliphatic rings. The number of esters is 2. The Hall–Kier alpha value is -3.23. The maximum atomic E-state index is 13.0. The topological polar surface area (TPSA) is 111 Å². The van der Waals surface area contributed by atoms with E-state index in [0.717, 1.165) is 12.1 Å². The van der Waals surface area contributed by atoms with Crippen LogP contribution < -0.4 is 5.32 Å². The number of hydrogen-bond acceptors (Lipinski definition) is 10. The van der Waals surface area contributed by atoms with Crippen LogP contribution in [-0.4, -0.2) is 91.7 Å². The molecule has 0 atom stereocenters. The highest BCUT2D eigenvalue weighted by molar-refractivity contribution is 5.96. The van der Waals surface area contributed by atoms with Crippen molar-refractivity contribution in [3.63, 3.8) is 0 Å². The van der Waals surface area contributed by atoms with Gasteiger partial charge in [0.15, 0.2) is 0 Å². The van der Waals surface area contributed by atoms with Crippen molar-refractivity contribution in [1.29, 1.82) is 0 Å². The zero-order chi connectivity index (χ0) is 29.8. The van der Waals surface area contributed by atoms with E-state index in [9.17, 15) is 22.8 Å². The lowest BCUT2D eigenvalue weighted by Gasteiger charge is -2.13. The number of anilines is 2. The standard InChI is InChI=1S/C28H36F3NO9/c1-35-26(33)9-10-36-11-12-37-13-14-38-15-16-39-17-18-40-19-20-41-27(34)24-7-2-3-8-25(24)32-23-6-4-5-22(21-23)28(29,30)31/h2-8,21,32H,9-20H2,1H3. The van der Waals surface area contributed by atoms with Crippen molar-refractivity contribution in [2.75, 3.05) is 85.1 Å². The monoisotopic (exact) mass is 587 g/mol. The van der Waals surface area contributed by atoms with Crippen LogP contribution in [0.25, 0.3) is 0 Å². The summed E-state index contributed by atoms with van der Waals surface area (Å²) in [5.41, 5.74) is -0.101. The molecular weight excluding hydrogens is 551 g/mol. The molecule has 228 valence electrons. The lowest BCUT2D eigenvalue weighted by Crippen LogP contribution is -2.15. The van der Waals surface area contributed by atoms with Crippen LogP contribution >= 0.6 is 0 Å². The summed E-state index contributed by atoms with van der Waals surface area (Å²) < 4.78 is 75.4. The Morgan fingerprint density at radius 2 is 1.24 bits per heavy atom. The van der Waals surface area contributed by atoms with Crippen molar-refractivity contribution in [2.45, 2.75) is 12.6 Å². The van der Waals surface area contributed by atoms with Gasteiger partial charge in [-0.05, 0) is 30.3 Å². The molecule has 0 bridgehead atoms. The normalized spacial score (nSPS) is 11.3. The van der Waals surface area contributed by atoms with E-state index in [-0.39, 0.29) is 36.9 Å². The van der Waals surface area contributed by atoms with E-state index in [4.69, 9.17) is 28.4 Å². The van der Waals surface area contributed by atoms with Crippen LogP contribution in [0, 0.1) is 0 Å². The predicted octanol–water partition coefficient (Wildman–Crippen LogP) is 4.25. The van der Waals surface area contributed by atoms with Crippen molar-refractivity contribution >= 4 is 23.3 Å². The average Bonchev–Trinajstić information content (AvgIpc) is 2.96. The van der Waals surface area contributed by atoms with Gasteiger partial charge in [0.05, 0.1) is 96.4 Å². The highest BCUT2D eigenvalue weighted by atomic mass is 19.4. The Morgan fingerprint density at radius 1 is 0.707 bits per heavy atom. The van der Waals surface area contributed by atoms with E-state index in [1.54, 1.807) is 18.2 Å². The molecule has 0 saturated heterocycles. The van der Waals surface area contributed by atoms with Crippen LogP contribution in [0.5, 0.6) is 0 Å². The summed E-state index contributed by atoms with van der Waals surface area (Å²) >= 11 is 0. The van der Waals surface area contributed by atoms with E-state index >= 15 is 0 Å². The summed E-state index contributed by atoms with van der Waals surface area (Å²) in [6, 6.07) is 11.1. The largest absolute Gasteiger partial charge is 0.469 e. The van der Waals surface area contributed by atoms with Gasteiger partial charge in [0, 0.05) is 5.69 Å². The first kappa shape index (κ1) is 34.0. The Balaban J connectivity index is 1.49. The number of ether oxygens (including phenoxy) is 7. The number of carbonyl (C=O) groups excluding carboxylic acids is 2. The summed E-state index contributed by atoms with van der Waals surface area (Å²) in [6.45, 7) is 3.44. The van der Waals surface area contributed by atoms with Gasteiger partial charge in [-0.3, -0.25) is 4.79 Å². The summed E-state index contributed by atoms with van der Waals surface area (Å²) in [6.07, 6.45) is -4.26. The number of halogens is 3. The van der Waals surface area contributed by atoms with Gasteiger partial charge in [0.2, 0.25) is 0 Å². The van der Waals surface area contributed by atoms with Gasteiger partial charge in [0.1, 0.15) is 6.61 Å². The van der Waals surface area contributed by atoms with E-state index in [0.29, 0.717) is 65.1 Å². The van der Waals surface area contributed by atoms with Crippen molar-refractivity contribution in [2.24, 2.45) is 0 Å². The first-order chi connectivity index (χ1) is 19.8. The lowest BCUT2D eigenvalue weighted by atomic mass is 10.1. The first-order valence-corrected chi connectivity index (χ1v) is 13.0. The van der Waals surface area contributed by atoms with Gasteiger partial charge in [-0.15, -0.1) is 0 Å². The molecule has 0 spiro atoms. The van der Waals surface area contributed by atoms with Crippen molar-refractivity contribution in [3.05, 3.63) is 59.7 Å². The lowest BCUT2D eigenvalue weighted by molar-refractivity contribution is -0.142. The summed E-state index contributed by atoms with van der Waals surface area (Å²) in [7, 11) is 1.33. The van der Waals surface area contributed by atoms with Gasteiger partial charge in [-0.25, -0.2) is 4.79 Å². The second kappa shape index (κ2) is 19.8. The maximum Gasteiger partial charge on any atom is 0.416 e. The van der Waals surface area contributed by atoms with Crippen molar-refractivity contribution < 1.29 is 55.9 Å². The minimum Gasteiger partial charge on any atom is -0.469 e. The fourth-order valence-electron chi connectivity index (χ4n) is 3.21. The third-order valence-electron chi connectivity index (χ3n) is 5.24. The highest BCUT2D eigenvalue weighted by Gasteiger charge is 2.30. The van der Waals surface area contributed by atoms with E-state index in [1.807, 2.05) is 0 Å². The Bertz CT molecular complexity index is 1040. The number of carbonyl (C=O) groups is 2. The van der Waals surface area contributed by atoms with Gasteiger partial charge in [-0.2, -0.15) is 13.2 Å². The second-order valence-corrected chi connectivity index (χ2v) is 8.27. The molecule has 13 heteroatoms. The number of para-hydroxylation sites is 1. The van der Waals surface area contributed by atoms with Crippen molar-refractivity contribution in [3.8, 4) is 0 Å². The highest BCUT2D eigenvalue weighted by Crippen LogP contribution is 2.32. The smallest absolute Gasteiger partial charge is 0.416 e. The van der Waals surface area contributed by atoms with Crippen LogP contribution in [-0.2, 0) is 44.1 Å². The van der Waals surface area contributed by atoms with Gasteiger partial charge < -0.3 is 38.5 Å². The third kappa shape index (κ3) is 14.8. The van der Waals surface area contributed by atoms with Crippen LogP contribution in [0.15, 0.2) is 48.5 Å². The number of alkyl halides is 3. The number of nitrogens with one attached hydrogen (secondary N) is 1. The zero-order valence-electron chi connectivity index (χ0n) is 22.9. The maximum absolute atomic E-state index is 13.0. The molecule has 2 aromatic carbocycles. The van der Waals surface area contributed by atoms with Gasteiger partial charge in [-0.1, -0.05) is 18.2 Å². The SMILES string of the molecule is COC(=O)CCOCCOCCOCCOCCOCCOC(=O)c1ccccc1Nc1cccc(C(F)(F)F)c1. The summed E-state index contributed by atoms with van der Waals surface area (Å²) in [5, 5.41) is 2.85. The summed E-state index contributed by atoms with van der Waals surface area (Å²) in [5.74, 6) is -0.948. The summed E-state index contributed by atoms with van der Waals surface area (Å²) in [4.78, 5) is 23.4. The molecular formula is C28H36F3NO9. The molecule has 0 unspecified atom stereocenters. The third-order valence-corrected chi connectivity index (χ3v) is 5.24. The average molecular weight is 588 g/mol. The van der Waals surface area contributed by atoms with Gasteiger partial charge >= 0.3 is 18.1 Å². The zero-order valence-corrected chi connectivity index (χ0v) is 22.9. The molecule has 0 heterocycles. The number of rotatable bonds is 21. The molecule has 0 aliphatic carbocycles. The Morgan fingerprint density at radius 3 is 1.80 bits per heavy atom. The fourth-order valence-corrected chi connectivity index (χ4v) is 3.21. The molecule has 2 aromatic rings. The van der Waals surface area contributed by atoms with E-state index in [2.05, 4.69) is 10.1 Å². The molecule has 0 amide bonds.